The van der Waals surface area contributed by atoms with Crippen LogP contribution in [-0.4, -0.2) is 107 Å². The van der Waals surface area contributed by atoms with Gasteiger partial charge in [0.05, 0.1) is 11.1 Å². The third-order valence-electron chi connectivity index (χ3n) is 11.2. The lowest BCUT2D eigenvalue weighted by atomic mass is 9.52. The van der Waals surface area contributed by atoms with Gasteiger partial charge in [-0.15, -0.1) is 10.2 Å². The van der Waals surface area contributed by atoms with Gasteiger partial charge in [0.25, 0.3) is 17.7 Å². The van der Waals surface area contributed by atoms with E-state index in [1.54, 1.807) is 18.2 Å². The van der Waals surface area contributed by atoms with Gasteiger partial charge in [-0.1, -0.05) is 27.7 Å². The number of fused-ring (bicyclic) bond motifs is 1. The van der Waals surface area contributed by atoms with Crippen LogP contribution in [0.5, 0.6) is 0 Å². The van der Waals surface area contributed by atoms with Crippen LogP contribution in [0.15, 0.2) is 30.3 Å². The zero-order valence-corrected chi connectivity index (χ0v) is 28.8. The Labute approximate surface area is 286 Å². The minimum atomic E-state index is -0.965. The molecule has 260 valence electrons. The topological polar surface area (TPSA) is 148 Å². The monoisotopic (exact) mass is 670 g/mol. The first-order valence-corrected chi connectivity index (χ1v) is 17.5. The van der Waals surface area contributed by atoms with E-state index in [0.717, 1.165) is 81.5 Å². The molecule has 1 saturated carbocycles. The first-order chi connectivity index (χ1) is 23.3. The minimum absolute atomic E-state index is 0.0715. The van der Waals surface area contributed by atoms with E-state index in [9.17, 15) is 24.0 Å². The van der Waals surface area contributed by atoms with Gasteiger partial charge in [0.2, 0.25) is 11.8 Å². The second kappa shape index (κ2) is 12.5. The Morgan fingerprint density at radius 1 is 0.837 bits per heavy atom. The van der Waals surface area contributed by atoms with Crippen LogP contribution in [0.25, 0.3) is 0 Å². The Balaban J connectivity index is 0.874. The van der Waals surface area contributed by atoms with E-state index in [1.165, 1.54) is 0 Å². The van der Waals surface area contributed by atoms with Crippen molar-refractivity contribution in [1.82, 2.24) is 30.6 Å². The summed E-state index contributed by atoms with van der Waals surface area (Å²) in [6, 6.07) is 8.16. The molecular weight excluding hydrogens is 624 g/mol. The molecule has 13 nitrogen and oxygen atoms in total. The lowest BCUT2D eigenvalue weighted by molar-refractivity contribution is -0.136. The number of piperidine rings is 2. The van der Waals surface area contributed by atoms with Crippen molar-refractivity contribution in [3.05, 3.63) is 47.2 Å². The highest BCUT2D eigenvalue weighted by Gasteiger charge is 2.53. The summed E-state index contributed by atoms with van der Waals surface area (Å²) in [7, 11) is 0. The first-order valence-electron chi connectivity index (χ1n) is 17.5. The van der Waals surface area contributed by atoms with Crippen molar-refractivity contribution < 1.29 is 24.0 Å². The van der Waals surface area contributed by atoms with Gasteiger partial charge >= 0.3 is 0 Å². The van der Waals surface area contributed by atoms with Gasteiger partial charge in [-0.3, -0.25) is 39.1 Å². The van der Waals surface area contributed by atoms with Crippen molar-refractivity contribution in [3.63, 3.8) is 0 Å². The lowest BCUT2D eigenvalue weighted by Crippen LogP contribution is -2.63. The van der Waals surface area contributed by atoms with Gasteiger partial charge in [0.1, 0.15) is 6.04 Å². The van der Waals surface area contributed by atoms with Gasteiger partial charge in [0.15, 0.2) is 11.5 Å². The third kappa shape index (κ3) is 6.28. The summed E-state index contributed by atoms with van der Waals surface area (Å²) in [5.74, 6) is -0.735. The molecule has 49 heavy (non-hydrogen) atoms. The van der Waals surface area contributed by atoms with Crippen LogP contribution in [0.3, 0.4) is 0 Å². The number of nitrogens with one attached hydrogen (secondary N) is 2. The number of rotatable bonds is 7. The molecule has 0 radical (unpaired) electrons. The standard InChI is InChI=1S/C36H46N8O5/c1-35(2)21-36(3,4)34(35)38-30(46)26-7-9-28(40-39-26)43-13-11-22(12-14-43)20-41-15-17-42(18-16-41)23-5-6-24-25(19-23)33(49)44(32(24)48)27-8-10-29(45)37-31(27)47/h5-7,9,19,22,27,34H,8,10-18,20-21H2,1-4H3,(H,38,46)(H,37,45,47). The highest BCUT2D eigenvalue weighted by atomic mass is 16.2. The molecule has 4 aliphatic heterocycles. The SMILES string of the molecule is CC1(C)CC(C)(C)C1NC(=O)c1ccc(N2CCC(CN3CCN(c4ccc5c(c4)C(=O)N(C4CCC(=O)NC4=O)C5=O)CC3)CC2)nn1. The van der Waals surface area contributed by atoms with Crippen LogP contribution in [0.1, 0.15) is 91.0 Å². The number of imide groups is 2. The Hall–Kier alpha value is -4.39. The van der Waals surface area contributed by atoms with E-state index in [4.69, 9.17) is 0 Å². The molecule has 1 unspecified atom stereocenters. The smallest absolute Gasteiger partial charge is 0.272 e. The van der Waals surface area contributed by atoms with E-state index in [1.807, 2.05) is 12.1 Å². The Morgan fingerprint density at radius 2 is 1.53 bits per heavy atom. The van der Waals surface area contributed by atoms with Crippen molar-refractivity contribution in [2.24, 2.45) is 16.7 Å². The molecule has 4 fully saturated rings. The quantitative estimate of drug-likeness (QED) is 0.421. The first kappa shape index (κ1) is 33.1. The van der Waals surface area contributed by atoms with E-state index >= 15 is 0 Å². The molecule has 1 aromatic carbocycles. The Morgan fingerprint density at radius 3 is 2.16 bits per heavy atom. The minimum Gasteiger partial charge on any atom is -0.369 e. The maximum absolute atomic E-state index is 13.3. The molecule has 0 bridgehead atoms. The summed E-state index contributed by atoms with van der Waals surface area (Å²) in [6.07, 6.45) is 3.42. The summed E-state index contributed by atoms with van der Waals surface area (Å²) in [5.41, 5.74) is 1.99. The summed E-state index contributed by atoms with van der Waals surface area (Å²) in [6.45, 7) is 15.0. The number of carbonyl (C=O) groups is 5. The van der Waals surface area contributed by atoms with Crippen LogP contribution in [0.4, 0.5) is 11.5 Å². The Bertz CT molecular complexity index is 1660. The molecule has 13 heteroatoms. The van der Waals surface area contributed by atoms with E-state index < -0.39 is 23.8 Å². The van der Waals surface area contributed by atoms with Crippen molar-refractivity contribution in [3.8, 4) is 0 Å². The number of nitrogens with zero attached hydrogens (tertiary/aromatic N) is 6. The number of aromatic nitrogens is 2. The fourth-order valence-electron chi connectivity index (χ4n) is 9.07. The van der Waals surface area contributed by atoms with Gasteiger partial charge in [-0.05, 0) is 72.8 Å². The fraction of sp³-hybridized carbons (Fsp3) is 0.583. The largest absolute Gasteiger partial charge is 0.369 e. The number of hydrogen-bond donors (Lipinski definition) is 2. The molecule has 2 N–H and O–H groups in total. The van der Waals surface area contributed by atoms with E-state index in [0.29, 0.717) is 22.7 Å². The summed E-state index contributed by atoms with van der Waals surface area (Å²) in [4.78, 5) is 71.2. The van der Waals surface area contributed by atoms with Gasteiger partial charge in [-0.2, -0.15) is 0 Å². The number of anilines is 2. The van der Waals surface area contributed by atoms with Crippen LogP contribution in [0.2, 0.25) is 0 Å². The van der Waals surface area contributed by atoms with Crippen LogP contribution in [0, 0.1) is 16.7 Å². The molecule has 7 rings (SSSR count). The molecule has 5 heterocycles. The van der Waals surface area contributed by atoms with E-state index in [2.05, 4.69) is 63.2 Å². The van der Waals surface area contributed by atoms with Crippen molar-refractivity contribution in [2.45, 2.75) is 71.9 Å². The zero-order chi connectivity index (χ0) is 34.7. The normalized spacial score (nSPS) is 24.5. The van der Waals surface area contributed by atoms with Gasteiger partial charge in [-0.25, -0.2) is 0 Å². The predicted octanol–water partition coefficient (Wildman–Crippen LogP) is 2.47. The van der Waals surface area contributed by atoms with Crippen LogP contribution < -0.4 is 20.4 Å². The number of benzene rings is 1. The maximum atomic E-state index is 13.3. The average molecular weight is 671 g/mol. The number of carbonyl (C=O) groups excluding carboxylic acids is 5. The average Bonchev–Trinajstić information content (AvgIpc) is 3.32. The molecule has 3 saturated heterocycles. The number of hydrogen-bond acceptors (Lipinski definition) is 10. The molecular formula is C36H46N8O5. The predicted molar refractivity (Wildman–Crippen MR) is 182 cm³/mol. The lowest BCUT2D eigenvalue weighted by Gasteiger charge is -2.57. The summed E-state index contributed by atoms with van der Waals surface area (Å²) in [5, 5.41) is 14.1. The number of piperazine rings is 1. The molecule has 0 spiro atoms. The highest BCUT2D eigenvalue weighted by Crippen LogP contribution is 2.53. The second-order valence-electron chi connectivity index (χ2n) is 15.7. The van der Waals surface area contributed by atoms with Crippen molar-refractivity contribution >= 4 is 41.0 Å². The second-order valence-corrected chi connectivity index (χ2v) is 15.7. The molecule has 1 aromatic heterocycles. The number of amides is 5. The Kier molecular flexibility index (Phi) is 8.45. The van der Waals surface area contributed by atoms with E-state index in [-0.39, 0.29) is 41.5 Å². The summed E-state index contributed by atoms with van der Waals surface area (Å²) >= 11 is 0. The van der Waals surface area contributed by atoms with Crippen LogP contribution in [-0.2, 0) is 9.59 Å². The van der Waals surface area contributed by atoms with Gasteiger partial charge in [0, 0.05) is 64.0 Å². The van der Waals surface area contributed by atoms with Crippen molar-refractivity contribution in [1.29, 1.82) is 0 Å². The molecule has 1 aliphatic carbocycles. The summed E-state index contributed by atoms with van der Waals surface area (Å²) < 4.78 is 0. The van der Waals surface area contributed by atoms with Crippen LogP contribution >= 0.6 is 0 Å². The molecule has 5 aliphatic rings. The van der Waals surface area contributed by atoms with Crippen molar-refractivity contribution in [2.75, 3.05) is 55.6 Å². The fourth-order valence-corrected chi connectivity index (χ4v) is 9.07. The molecule has 1 atom stereocenters. The molecule has 5 amide bonds. The maximum Gasteiger partial charge on any atom is 0.272 e. The third-order valence-corrected chi connectivity index (χ3v) is 11.2. The highest BCUT2D eigenvalue weighted by molar-refractivity contribution is 6.23. The van der Waals surface area contributed by atoms with Gasteiger partial charge < -0.3 is 15.1 Å². The molecule has 2 aromatic rings. The zero-order valence-electron chi connectivity index (χ0n) is 28.8.